The molecule has 0 bridgehead atoms. The van der Waals surface area contributed by atoms with Crippen molar-refractivity contribution in [1.29, 1.82) is 0 Å². The van der Waals surface area contributed by atoms with Crippen LogP contribution in [-0.2, 0) is 9.53 Å². The molecule has 1 aromatic carbocycles. The van der Waals surface area contributed by atoms with E-state index < -0.39 is 0 Å². The number of para-hydroxylation sites is 1. The molecule has 0 aromatic heterocycles. The Labute approximate surface area is 125 Å². The lowest BCUT2D eigenvalue weighted by Crippen LogP contribution is -2.41. The van der Waals surface area contributed by atoms with Crippen LogP contribution in [0.1, 0.15) is 0 Å². The molecule has 6 heteroatoms. The van der Waals surface area contributed by atoms with Gasteiger partial charge >= 0.3 is 0 Å². The third kappa shape index (κ3) is 8.29. The van der Waals surface area contributed by atoms with Crippen LogP contribution in [0.4, 0.5) is 0 Å². The average molecular weight is 296 g/mol. The molecule has 21 heavy (non-hydrogen) atoms. The highest BCUT2D eigenvalue weighted by Crippen LogP contribution is 2.07. The van der Waals surface area contributed by atoms with Crippen LogP contribution >= 0.6 is 0 Å². The maximum atomic E-state index is 11.8. The van der Waals surface area contributed by atoms with E-state index in [2.05, 4.69) is 5.32 Å². The lowest BCUT2D eigenvalue weighted by atomic mass is 10.3. The molecule has 0 aliphatic heterocycles. The number of nitrogens with one attached hydrogen (secondary N) is 1. The topological polar surface area (TPSA) is 71.0 Å². The Bertz CT molecular complexity index is 387. The first kappa shape index (κ1) is 17.4. The number of amides is 1. The van der Waals surface area contributed by atoms with E-state index in [1.807, 2.05) is 35.2 Å². The number of nitrogens with zero attached hydrogens (tertiary/aromatic N) is 1. The van der Waals surface area contributed by atoms with Crippen molar-refractivity contribution in [3.8, 4) is 5.75 Å². The molecule has 2 N–H and O–H groups in total. The van der Waals surface area contributed by atoms with Gasteiger partial charge in [-0.2, -0.15) is 0 Å². The second-order valence-electron chi connectivity index (χ2n) is 4.50. The van der Waals surface area contributed by atoms with Crippen molar-refractivity contribution in [3.63, 3.8) is 0 Å². The predicted octanol–water partition coefficient (Wildman–Crippen LogP) is 0.122. The molecule has 0 radical (unpaired) electrons. The van der Waals surface area contributed by atoms with Gasteiger partial charge in [0.25, 0.3) is 0 Å². The lowest BCUT2D eigenvalue weighted by molar-refractivity contribution is -0.122. The number of carbonyl (C=O) groups is 1. The van der Waals surface area contributed by atoms with E-state index >= 15 is 0 Å². The molecule has 1 amide bonds. The highest BCUT2D eigenvalue weighted by atomic mass is 16.5. The van der Waals surface area contributed by atoms with Crippen molar-refractivity contribution in [2.24, 2.45) is 0 Å². The SMILES string of the molecule is COCCN(CCO)CC(=O)NCCOc1ccccc1. The van der Waals surface area contributed by atoms with Crippen LogP contribution < -0.4 is 10.1 Å². The van der Waals surface area contributed by atoms with Gasteiger partial charge in [0, 0.05) is 20.2 Å². The smallest absolute Gasteiger partial charge is 0.234 e. The van der Waals surface area contributed by atoms with Gasteiger partial charge < -0.3 is 19.9 Å². The molecule has 1 rings (SSSR count). The molecule has 6 nitrogen and oxygen atoms in total. The van der Waals surface area contributed by atoms with Gasteiger partial charge in [-0.15, -0.1) is 0 Å². The highest BCUT2D eigenvalue weighted by molar-refractivity contribution is 5.77. The first-order valence-electron chi connectivity index (χ1n) is 7.03. The molecule has 0 aliphatic rings. The number of aliphatic hydroxyl groups is 1. The van der Waals surface area contributed by atoms with E-state index in [-0.39, 0.29) is 19.1 Å². The van der Waals surface area contributed by atoms with Gasteiger partial charge in [0.15, 0.2) is 0 Å². The van der Waals surface area contributed by atoms with Crippen molar-refractivity contribution >= 4 is 5.91 Å². The van der Waals surface area contributed by atoms with E-state index in [9.17, 15) is 4.79 Å². The van der Waals surface area contributed by atoms with E-state index in [1.54, 1.807) is 7.11 Å². The van der Waals surface area contributed by atoms with Crippen molar-refractivity contribution in [2.75, 3.05) is 53.1 Å². The largest absolute Gasteiger partial charge is 0.492 e. The summed E-state index contributed by atoms with van der Waals surface area (Å²) in [6, 6.07) is 9.46. The first-order valence-corrected chi connectivity index (χ1v) is 7.03. The molecule has 0 aliphatic carbocycles. The van der Waals surface area contributed by atoms with Crippen LogP contribution in [0.3, 0.4) is 0 Å². The zero-order chi connectivity index (χ0) is 15.3. The summed E-state index contributed by atoms with van der Waals surface area (Å²) in [6.07, 6.45) is 0. The molecule has 0 heterocycles. The second kappa shape index (κ2) is 11.1. The van der Waals surface area contributed by atoms with Gasteiger partial charge in [0.1, 0.15) is 12.4 Å². The maximum absolute atomic E-state index is 11.8. The summed E-state index contributed by atoms with van der Waals surface area (Å²) in [5, 5.41) is 11.7. The van der Waals surface area contributed by atoms with Crippen LogP contribution in [0.2, 0.25) is 0 Å². The number of hydrogen-bond acceptors (Lipinski definition) is 5. The summed E-state index contributed by atoms with van der Waals surface area (Å²) in [5.41, 5.74) is 0. The number of rotatable bonds is 11. The van der Waals surface area contributed by atoms with Gasteiger partial charge in [-0.25, -0.2) is 0 Å². The third-order valence-corrected chi connectivity index (χ3v) is 2.83. The summed E-state index contributed by atoms with van der Waals surface area (Å²) >= 11 is 0. The number of ether oxygens (including phenoxy) is 2. The molecular formula is C15H24N2O4. The number of aliphatic hydroxyl groups excluding tert-OH is 1. The number of benzene rings is 1. The van der Waals surface area contributed by atoms with Gasteiger partial charge in [0.05, 0.1) is 26.3 Å². The molecule has 0 saturated carbocycles. The van der Waals surface area contributed by atoms with E-state index in [0.29, 0.717) is 32.8 Å². The Morgan fingerprint density at radius 2 is 2.00 bits per heavy atom. The summed E-state index contributed by atoms with van der Waals surface area (Å²) in [7, 11) is 1.61. The Hall–Kier alpha value is -1.63. The van der Waals surface area contributed by atoms with Crippen molar-refractivity contribution < 1.29 is 19.4 Å². The van der Waals surface area contributed by atoms with Crippen LogP contribution in [0.25, 0.3) is 0 Å². The summed E-state index contributed by atoms with van der Waals surface area (Å²) in [6.45, 7) is 2.74. The molecule has 0 saturated heterocycles. The van der Waals surface area contributed by atoms with E-state index in [0.717, 1.165) is 5.75 Å². The van der Waals surface area contributed by atoms with Crippen molar-refractivity contribution in [1.82, 2.24) is 10.2 Å². The fraction of sp³-hybridized carbons (Fsp3) is 0.533. The molecule has 1 aromatic rings. The minimum absolute atomic E-state index is 0.0219. The predicted molar refractivity (Wildman–Crippen MR) is 80.3 cm³/mol. The first-order chi connectivity index (χ1) is 10.3. The highest BCUT2D eigenvalue weighted by Gasteiger charge is 2.09. The monoisotopic (exact) mass is 296 g/mol. The zero-order valence-corrected chi connectivity index (χ0v) is 12.5. The molecule has 0 atom stereocenters. The van der Waals surface area contributed by atoms with Crippen LogP contribution in [0, 0.1) is 0 Å². The fourth-order valence-corrected chi connectivity index (χ4v) is 1.77. The minimum atomic E-state index is -0.0868. The lowest BCUT2D eigenvalue weighted by Gasteiger charge is -2.20. The number of methoxy groups -OCH3 is 1. The van der Waals surface area contributed by atoms with E-state index in [4.69, 9.17) is 14.6 Å². The van der Waals surface area contributed by atoms with Crippen LogP contribution in [-0.4, -0.2) is 69.0 Å². The Morgan fingerprint density at radius 3 is 2.67 bits per heavy atom. The number of carbonyl (C=O) groups excluding carboxylic acids is 1. The standard InChI is InChI=1S/C15H24N2O4/c1-20-12-9-17(8-10-18)13-15(19)16-7-11-21-14-5-3-2-4-6-14/h2-6,18H,7-13H2,1H3,(H,16,19). The summed E-state index contributed by atoms with van der Waals surface area (Å²) in [5.74, 6) is 0.699. The summed E-state index contributed by atoms with van der Waals surface area (Å²) < 4.78 is 10.5. The van der Waals surface area contributed by atoms with Gasteiger partial charge in [-0.05, 0) is 12.1 Å². The molecule has 0 spiro atoms. The second-order valence-corrected chi connectivity index (χ2v) is 4.50. The van der Waals surface area contributed by atoms with Gasteiger partial charge in [-0.3, -0.25) is 9.69 Å². The Morgan fingerprint density at radius 1 is 1.24 bits per heavy atom. The maximum Gasteiger partial charge on any atom is 0.234 e. The van der Waals surface area contributed by atoms with E-state index in [1.165, 1.54) is 0 Å². The van der Waals surface area contributed by atoms with Gasteiger partial charge in [0.2, 0.25) is 5.91 Å². The number of hydrogen-bond donors (Lipinski definition) is 2. The quantitative estimate of drug-likeness (QED) is 0.568. The zero-order valence-electron chi connectivity index (χ0n) is 12.5. The summed E-state index contributed by atoms with van der Waals surface area (Å²) in [4.78, 5) is 13.6. The fourth-order valence-electron chi connectivity index (χ4n) is 1.77. The molecule has 0 fully saturated rings. The van der Waals surface area contributed by atoms with Gasteiger partial charge in [-0.1, -0.05) is 18.2 Å². The van der Waals surface area contributed by atoms with Crippen LogP contribution in [0.5, 0.6) is 5.75 Å². The van der Waals surface area contributed by atoms with Crippen molar-refractivity contribution in [2.45, 2.75) is 0 Å². The molecular weight excluding hydrogens is 272 g/mol. The average Bonchev–Trinajstić information content (AvgIpc) is 2.50. The normalized spacial score (nSPS) is 10.6. The third-order valence-electron chi connectivity index (χ3n) is 2.83. The molecule has 118 valence electrons. The van der Waals surface area contributed by atoms with Crippen LogP contribution in [0.15, 0.2) is 30.3 Å². The molecule has 0 unspecified atom stereocenters. The Balaban J connectivity index is 2.16. The Kier molecular flexibility index (Phi) is 9.19. The van der Waals surface area contributed by atoms with Crippen molar-refractivity contribution in [3.05, 3.63) is 30.3 Å². The minimum Gasteiger partial charge on any atom is -0.492 e.